The van der Waals surface area contributed by atoms with Crippen LogP contribution >= 0.6 is 0 Å². The van der Waals surface area contributed by atoms with Crippen LogP contribution in [0.4, 0.5) is 0 Å². The number of carbonyl (C=O) groups is 2. The number of rotatable bonds is 11. The maximum atomic E-state index is 11.4. The Morgan fingerprint density at radius 3 is 2.21 bits per heavy atom. The first kappa shape index (κ1) is 17.9. The van der Waals surface area contributed by atoms with Gasteiger partial charge in [0.1, 0.15) is 0 Å². The minimum absolute atomic E-state index is 0.00479. The summed E-state index contributed by atoms with van der Waals surface area (Å²) in [4.78, 5) is 24.7. The third-order valence-corrected chi connectivity index (χ3v) is 2.85. The second-order valence-corrected chi connectivity index (χ2v) is 4.40. The molecule has 2 amide bonds. The summed E-state index contributed by atoms with van der Waals surface area (Å²) in [5.41, 5.74) is 0. The summed E-state index contributed by atoms with van der Waals surface area (Å²) >= 11 is 0. The Kier molecular flexibility index (Phi) is 11.2. The van der Waals surface area contributed by atoms with Gasteiger partial charge >= 0.3 is 0 Å². The Bertz CT molecular complexity index is 260. The second kappa shape index (κ2) is 11.9. The number of aliphatic hydroxyl groups excluding tert-OH is 1. The molecular formula is C13H27N3O3. The number of nitrogens with zero attached hydrogens (tertiary/aromatic N) is 1. The van der Waals surface area contributed by atoms with Crippen LogP contribution in [0, 0.1) is 0 Å². The smallest absolute Gasteiger partial charge is 0.221 e. The van der Waals surface area contributed by atoms with Gasteiger partial charge in [0.25, 0.3) is 0 Å². The number of amides is 2. The first-order valence-corrected chi connectivity index (χ1v) is 6.94. The first-order chi connectivity index (χ1) is 9.13. The SMILES string of the molecule is CCNC(=O)CCN(CCCCO)CCC(=O)NC. The average molecular weight is 273 g/mol. The van der Waals surface area contributed by atoms with Crippen molar-refractivity contribution in [2.45, 2.75) is 32.6 Å². The number of unbranched alkanes of at least 4 members (excludes halogenated alkanes) is 1. The Hall–Kier alpha value is -1.14. The van der Waals surface area contributed by atoms with Gasteiger partial charge in [-0.25, -0.2) is 0 Å². The molecule has 0 aromatic rings. The summed E-state index contributed by atoms with van der Waals surface area (Å²) in [5.74, 6) is 0.0415. The molecule has 0 aromatic heterocycles. The van der Waals surface area contributed by atoms with Gasteiger partial charge in [-0.3, -0.25) is 9.59 Å². The van der Waals surface area contributed by atoms with Gasteiger partial charge < -0.3 is 20.6 Å². The molecule has 0 aromatic carbocycles. The molecule has 0 spiro atoms. The minimum Gasteiger partial charge on any atom is -0.396 e. The quantitative estimate of drug-likeness (QED) is 0.452. The van der Waals surface area contributed by atoms with E-state index in [2.05, 4.69) is 15.5 Å². The fourth-order valence-electron chi connectivity index (χ4n) is 1.71. The highest BCUT2D eigenvalue weighted by Crippen LogP contribution is 1.99. The van der Waals surface area contributed by atoms with E-state index in [4.69, 9.17) is 5.11 Å². The average Bonchev–Trinajstić information content (AvgIpc) is 2.41. The van der Waals surface area contributed by atoms with Gasteiger partial charge in [0.05, 0.1) is 0 Å². The van der Waals surface area contributed by atoms with E-state index in [0.717, 1.165) is 19.4 Å². The number of carbonyl (C=O) groups excluding carboxylic acids is 2. The van der Waals surface area contributed by atoms with Gasteiger partial charge in [-0.05, 0) is 26.3 Å². The predicted molar refractivity (Wildman–Crippen MR) is 74.7 cm³/mol. The zero-order valence-electron chi connectivity index (χ0n) is 12.1. The number of nitrogens with one attached hydrogen (secondary N) is 2. The van der Waals surface area contributed by atoms with Crippen molar-refractivity contribution < 1.29 is 14.7 Å². The third kappa shape index (κ3) is 10.5. The fraction of sp³-hybridized carbons (Fsp3) is 0.846. The van der Waals surface area contributed by atoms with E-state index in [-0.39, 0.29) is 18.4 Å². The summed E-state index contributed by atoms with van der Waals surface area (Å²) in [6.45, 7) is 4.80. The molecular weight excluding hydrogens is 246 g/mol. The molecule has 0 bridgehead atoms. The van der Waals surface area contributed by atoms with Gasteiger partial charge in [0, 0.05) is 46.1 Å². The van der Waals surface area contributed by atoms with Gasteiger partial charge in [0.2, 0.25) is 11.8 Å². The van der Waals surface area contributed by atoms with Gasteiger partial charge in [0.15, 0.2) is 0 Å². The summed E-state index contributed by atoms with van der Waals surface area (Å²) in [5, 5.41) is 14.1. The largest absolute Gasteiger partial charge is 0.396 e. The molecule has 0 aliphatic heterocycles. The molecule has 0 heterocycles. The van der Waals surface area contributed by atoms with Crippen molar-refractivity contribution in [3.8, 4) is 0 Å². The molecule has 19 heavy (non-hydrogen) atoms. The minimum atomic E-state index is 0.00479. The molecule has 0 radical (unpaired) electrons. The van der Waals surface area contributed by atoms with E-state index in [1.807, 2.05) is 6.92 Å². The van der Waals surface area contributed by atoms with Crippen LogP contribution in [0.15, 0.2) is 0 Å². The molecule has 0 fully saturated rings. The monoisotopic (exact) mass is 273 g/mol. The van der Waals surface area contributed by atoms with Crippen molar-refractivity contribution in [2.24, 2.45) is 0 Å². The summed E-state index contributed by atoms with van der Waals surface area (Å²) in [7, 11) is 1.62. The lowest BCUT2D eigenvalue weighted by atomic mass is 10.2. The van der Waals surface area contributed by atoms with E-state index < -0.39 is 0 Å². The van der Waals surface area contributed by atoms with Crippen LogP contribution < -0.4 is 10.6 Å². The van der Waals surface area contributed by atoms with Gasteiger partial charge in [-0.2, -0.15) is 0 Å². The van der Waals surface area contributed by atoms with E-state index >= 15 is 0 Å². The van der Waals surface area contributed by atoms with Crippen LogP contribution in [0.3, 0.4) is 0 Å². The Morgan fingerprint density at radius 1 is 1.05 bits per heavy atom. The lowest BCUT2D eigenvalue weighted by Gasteiger charge is -2.21. The lowest BCUT2D eigenvalue weighted by Crippen LogP contribution is -2.34. The van der Waals surface area contributed by atoms with Crippen molar-refractivity contribution in [1.82, 2.24) is 15.5 Å². The molecule has 0 atom stereocenters. The number of hydrogen-bond acceptors (Lipinski definition) is 4. The van der Waals surface area contributed by atoms with Crippen molar-refractivity contribution in [3.05, 3.63) is 0 Å². The highest BCUT2D eigenvalue weighted by atomic mass is 16.3. The van der Waals surface area contributed by atoms with Crippen molar-refractivity contribution in [1.29, 1.82) is 0 Å². The zero-order chi connectivity index (χ0) is 14.5. The fourth-order valence-corrected chi connectivity index (χ4v) is 1.71. The first-order valence-electron chi connectivity index (χ1n) is 6.94. The van der Waals surface area contributed by atoms with E-state index in [1.165, 1.54) is 0 Å². The number of hydrogen-bond donors (Lipinski definition) is 3. The predicted octanol–water partition coefficient (Wildman–Crippen LogP) is -0.277. The molecule has 0 rings (SSSR count). The Balaban J connectivity index is 4.01. The Labute approximate surface area is 115 Å². The molecule has 0 aliphatic carbocycles. The highest BCUT2D eigenvalue weighted by Gasteiger charge is 2.09. The van der Waals surface area contributed by atoms with E-state index in [0.29, 0.717) is 32.5 Å². The van der Waals surface area contributed by atoms with Crippen molar-refractivity contribution >= 4 is 11.8 Å². The maximum Gasteiger partial charge on any atom is 0.221 e. The van der Waals surface area contributed by atoms with Gasteiger partial charge in [-0.1, -0.05) is 0 Å². The molecule has 6 heteroatoms. The Morgan fingerprint density at radius 2 is 1.68 bits per heavy atom. The third-order valence-electron chi connectivity index (χ3n) is 2.85. The maximum absolute atomic E-state index is 11.4. The van der Waals surface area contributed by atoms with Crippen LogP contribution in [-0.4, -0.2) is 61.7 Å². The molecule has 3 N–H and O–H groups in total. The van der Waals surface area contributed by atoms with Crippen LogP contribution in [0.2, 0.25) is 0 Å². The molecule has 0 saturated carbocycles. The van der Waals surface area contributed by atoms with Crippen LogP contribution in [-0.2, 0) is 9.59 Å². The summed E-state index contributed by atoms with van der Waals surface area (Å²) in [6, 6.07) is 0. The number of aliphatic hydroxyl groups is 1. The van der Waals surface area contributed by atoms with Crippen LogP contribution in [0.1, 0.15) is 32.6 Å². The summed E-state index contributed by atoms with van der Waals surface area (Å²) in [6.07, 6.45) is 2.50. The molecule has 6 nitrogen and oxygen atoms in total. The van der Waals surface area contributed by atoms with E-state index in [1.54, 1.807) is 7.05 Å². The topological polar surface area (TPSA) is 81.7 Å². The molecule has 112 valence electrons. The standard InChI is InChI=1S/C13H27N3O3/c1-3-15-13(19)7-10-16(8-4-5-11-17)9-6-12(18)14-2/h17H,3-11H2,1-2H3,(H,14,18)(H,15,19). The molecule has 0 aliphatic rings. The zero-order valence-corrected chi connectivity index (χ0v) is 12.1. The second-order valence-electron chi connectivity index (χ2n) is 4.40. The van der Waals surface area contributed by atoms with Crippen LogP contribution in [0.5, 0.6) is 0 Å². The van der Waals surface area contributed by atoms with Crippen LogP contribution in [0.25, 0.3) is 0 Å². The van der Waals surface area contributed by atoms with Gasteiger partial charge in [-0.15, -0.1) is 0 Å². The lowest BCUT2D eigenvalue weighted by molar-refractivity contribution is -0.121. The molecule has 0 unspecified atom stereocenters. The van der Waals surface area contributed by atoms with E-state index in [9.17, 15) is 9.59 Å². The van der Waals surface area contributed by atoms with Crippen molar-refractivity contribution in [2.75, 3.05) is 39.8 Å². The normalized spacial score (nSPS) is 10.5. The summed E-state index contributed by atoms with van der Waals surface area (Å²) < 4.78 is 0. The molecule has 0 saturated heterocycles. The van der Waals surface area contributed by atoms with Crippen molar-refractivity contribution in [3.63, 3.8) is 0 Å². The highest BCUT2D eigenvalue weighted by molar-refractivity contribution is 5.76.